The van der Waals surface area contributed by atoms with Crippen LogP contribution in [0.1, 0.15) is 56.5 Å². The smallest absolute Gasteiger partial charge is 0.288 e. The monoisotopic (exact) mass is 442 g/mol. The number of benzene rings is 1. The number of nitrogens with zero attached hydrogens (tertiary/aromatic N) is 1. The van der Waals surface area contributed by atoms with Gasteiger partial charge in [-0.1, -0.05) is 63.4 Å². The van der Waals surface area contributed by atoms with Crippen molar-refractivity contribution in [3.8, 4) is 11.3 Å². The Kier molecular flexibility index (Phi) is 10.5. The molecule has 32 heavy (non-hydrogen) atoms. The molecule has 1 heterocycles. The van der Waals surface area contributed by atoms with E-state index in [1.54, 1.807) is 12.1 Å². The van der Waals surface area contributed by atoms with E-state index in [2.05, 4.69) is 24.7 Å². The van der Waals surface area contributed by atoms with Crippen LogP contribution in [0.5, 0.6) is 0 Å². The number of hydrogen-bond acceptors (Lipinski definition) is 5. The van der Waals surface area contributed by atoms with E-state index in [0.717, 1.165) is 29.9 Å². The Morgan fingerprint density at radius 1 is 1.12 bits per heavy atom. The first-order chi connectivity index (χ1) is 15.5. The van der Waals surface area contributed by atoms with E-state index >= 15 is 0 Å². The summed E-state index contributed by atoms with van der Waals surface area (Å²) >= 11 is 0. The lowest BCUT2D eigenvalue weighted by atomic mass is 9.90. The van der Waals surface area contributed by atoms with Gasteiger partial charge in [-0.05, 0) is 25.0 Å². The number of amides is 3. The highest BCUT2D eigenvalue weighted by atomic mass is 16.7. The van der Waals surface area contributed by atoms with Crippen molar-refractivity contribution in [2.75, 3.05) is 6.67 Å². The highest BCUT2D eigenvalue weighted by Gasteiger charge is 2.31. The Balaban J connectivity index is 1.95. The summed E-state index contributed by atoms with van der Waals surface area (Å²) in [5, 5.41) is 6.45. The Morgan fingerprint density at radius 2 is 1.88 bits per heavy atom. The van der Waals surface area contributed by atoms with E-state index in [1.165, 1.54) is 0 Å². The average Bonchev–Trinajstić information content (AvgIpc) is 3.32. The standard InChI is InChI=1S/C24H32N3O5/c1-4-6-8-13-19(20(5-2)27(17-28)31-3)23(29)25-16-26-24(30)22-15-14-21(32-22)18-11-9-7-10-12-18/h7,9-12,14-15,17,19-20H,3-6,8,13,16H2,1-2H3,(H,25,29)(H,26,30)/t19-,20-/m1/s1. The van der Waals surface area contributed by atoms with Crippen LogP contribution in [-0.2, 0) is 14.4 Å². The number of rotatable bonds is 14. The van der Waals surface area contributed by atoms with Crippen molar-refractivity contribution in [3.63, 3.8) is 0 Å². The van der Waals surface area contributed by atoms with Gasteiger partial charge < -0.3 is 15.1 Å². The summed E-state index contributed by atoms with van der Waals surface area (Å²) in [6.45, 7) is 3.89. The summed E-state index contributed by atoms with van der Waals surface area (Å²) in [5.41, 5.74) is 0.868. The maximum absolute atomic E-state index is 12.9. The molecule has 2 atom stereocenters. The Hall–Kier alpha value is -3.13. The van der Waals surface area contributed by atoms with Gasteiger partial charge in [0.25, 0.3) is 5.91 Å². The summed E-state index contributed by atoms with van der Waals surface area (Å²) in [5.74, 6) is -0.437. The number of nitrogens with one attached hydrogen (secondary N) is 2. The lowest BCUT2D eigenvalue weighted by molar-refractivity contribution is -0.173. The predicted octanol–water partition coefficient (Wildman–Crippen LogP) is 3.91. The molecule has 173 valence electrons. The summed E-state index contributed by atoms with van der Waals surface area (Å²) in [4.78, 5) is 41.5. The summed E-state index contributed by atoms with van der Waals surface area (Å²) in [6.07, 6.45) is 4.49. The van der Waals surface area contributed by atoms with Crippen molar-refractivity contribution in [1.82, 2.24) is 15.7 Å². The third kappa shape index (κ3) is 6.95. The van der Waals surface area contributed by atoms with E-state index in [0.29, 0.717) is 25.0 Å². The van der Waals surface area contributed by atoms with Gasteiger partial charge in [-0.3, -0.25) is 19.2 Å². The van der Waals surface area contributed by atoms with Crippen LogP contribution in [-0.4, -0.2) is 36.0 Å². The van der Waals surface area contributed by atoms with E-state index in [9.17, 15) is 14.4 Å². The Morgan fingerprint density at radius 3 is 2.50 bits per heavy atom. The summed E-state index contributed by atoms with van der Waals surface area (Å²) < 4.78 is 5.62. The van der Waals surface area contributed by atoms with Crippen LogP contribution in [0.25, 0.3) is 11.3 Å². The van der Waals surface area contributed by atoms with Gasteiger partial charge in [-0.25, -0.2) is 5.06 Å². The third-order valence-corrected chi connectivity index (χ3v) is 5.32. The maximum Gasteiger partial charge on any atom is 0.288 e. The van der Waals surface area contributed by atoms with Gasteiger partial charge in [-0.15, -0.1) is 0 Å². The Bertz CT molecular complexity index is 852. The third-order valence-electron chi connectivity index (χ3n) is 5.32. The normalized spacial score (nSPS) is 12.6. The fourth-order valence-corrected chi connectivity index (χ4v) is 3.61. The Labute approximate surface area is 189 Å². The molecule has 0 aliphatic rings. The summed E-state index contributed by atoms with van der Waals surface area (Å²) in [6, 6.07) is 12.3. The van der Waals surface area contributed by atoms with Crippen molar-refractivity contribution in [3.05, 3.63) is 55.3 Å². The van der Waals surface area contributed by atoms with E-state index < -0.39 is 17.9 Å². The van der Waals surface area contributed by atoms with E-state index in [4.69, 9.17) is 9.25 Å². The van der Waals surface area contributed by atoms with Crippen LogP contribution < -0.4 is 10.6 Å². The molecule has 0 spiro atoms. The van der Waals surface area contributed by atoms with E-state index in [-0.39, 0.29) is 18.3 Å². The van der Waals surface area contributed by atoms with Crippen molar-refractivity contribution in [1.29, 1.82) is 0 Å². The fraction of sp³-hybridized carbons (Fsp3) is 0.417. The maximum atomic E-state index is 12.9. The average molecular weight is 443 g/mol. The molecule has 0 saturated carbocycles. The molecule has 2 aromatic rings. The van der Waals surface area contributed by atoms with E-state index in [1.807, 2.05) is 37.3 Å². The second kappa shape index (κ2) is 13.3. The zero-order valence-electron chi connectivity index (χ0n) is 18.7. The zero-order chi connectivity index (χ0) is 23.3. The van der Waals surface area contributed by atoms with Crippen molar-refractivity contribution < 1.29 is 23.6 Å². The first-order valence-electron chi connectivity index (χ1n) is 10.9. The quantitative estimate of drug-likeness (QED) is 0.200. The highest BCUT2D eigenvalue weighted by Crippen LogP contribution is 2.22. The number of hydroxylamine groups is 2. The first kappa shape index (κ1) is 25.1. The molecule has 8 heteroatoms. The van der Waals surface area contributed by atoms with Gasteiger partial charge in [0.1, 0.15) is 12.9 Å². The molecule has 0 bridgehead atoms. The number of hydrogen-bond donors (Lipinski definition) is 2. The van der Waals surface area contributed by atoms with Gasteiger partial charge in [0.05, 0.1) is 18.6 Å². The lowest BCUT2D eigenvalue weighted by Gasteiger charge is -2.31. The summed E-state index contributed by atoms with van der Waals surface area (Å²) in [7, 11) is 3.30. The van der Waals surface area contributed by atoms with Crippen LogP contribution in [0.15, 0.2) is 46.9 Å². The van der Waals surface area contributed by atoms with Gasteiger partial charge in [0, 0.05) is 5.56 Å². The van der Waals surface area contributed by atoms with Crippen LogP contribution in [0, 0.1) is 13.0 Å². The minimum absolute atomic E-state index is 0.0634. The topological polar surface area (TPSA) is 101 Å². The largest absolute Gasteiger partial charge is 0.451 e. The number of carbonyl (C=O) groups excluding carboxylic acids is 3. The van der Waals surface area contributed by atoms with Crippen LogP contribution in [0.3, 0.4) is 0 Å². The van der Waals surface area contributed by atoms with Gasteiger partial charge in [0.2, 0.25) is 12.3 Å². The molecular formula is C24H32N3O5. The molecule has 1 radical (unpaired) electrons. The molecule has 2 N–H and O–H groups in total. The first-order valence-corrected chi connectivity index (χ1v) is 10.9. The molecule has 0 aliphatic heterocycles. The second-order valence-electron chi connectivity index (χ2n) is 7.43. The van der Waals surface area contributed by atoms with Crippen LogP contribution >= 0.6 is 0 Å². The molecule has 0 aliphatic carbocycles. The van der Waals surface area contributed by atoms with Crippen LogP contribution in [0.2, 0.25) is 0 Å². The highest BCUT2D eigenvalue weighted by molar-refractivity contribution is 5.92. The molecule has 8 nitrogen and oxygen atoms in total. The molecule has 1 aromatic heterocycles. The number of furan rings is 1. The molecular weight excluding hydrogens is 410 g/mol. The predicted molar refractivity (Wildman–Crippen MR) is 121 cm³/mol. The number of carbonyl (C=O) groups is 3. The molecule has 3 amide bonds. The molecule has 0 fully saturated rings. The van der Waals surface area contributed by atoms with Gasteiger partial charge >= 0.3 is 0 Å². The van der Waals surface area contributed by atoms with Crippen molar-refractivity contribution in [2.24, 2.45) is 5.92 Å². The molecule has 1 aromatic carbocycles. The minimum Gasteiger partial charge on any atom is -0.451 e. The molecule has 0 unspecified atom stereocenters. The van der Waals surface area contributed by atoms with Gasteiger partial charge in [0.15, 0.2) is 5.76 Å². The fourth-order valence-electron chi connectivity index (χ4n) is 3.61. The van der Waals surface area contributed by atoms with Gasteiger partial charge in [-0.2, -0.15) is 0 Å². The van der Waals surface area contributed by atoms with Crippen molar-refractivity contribution in [2.45, 2.75) is 52.0 Å². The molecule has 0 saturated heterocycles. The lowest BCUT2D eigenvalue weighted by Crippen LogP contribution is -2.48. The number of unbranched alkanes of at least 4 members (excludes halogenated alkanes) is 2. The van der Waals surface area contributed by atoms with Crippen molar-refractivity contribution >= 4 is 18.2 Å². The SMILES string of the molecule is [CH2]ON(C=O)[C@H](CC)[C@@H](CCCCC)C(=O)NCNC(=O)c1ccc(-c2ccccc2)o1. The molecule has 2 rings (SSSR count). The minimum atomic E-state index is -0.483. The second-order valence-corrected chi connectivity index (χ2v) is 7.43. The zero-order valence-corrected chi connectivity index (χ0v) is 18.7. The van der Waals surface area contributed by atoms with Crippen LogP contribution in [0.4, 0.5) is 0 Å².